The van der Waals surface area contributed by atoms with Gasteiger partial charge in [0, 0.05) is 16.1 Å². The van der Waals surface area contributed by atoms with Crippen molar-refractivity contribution in [1.82, 2.24) is 0 Å². The van der Waals surface area contributed by atoms with Gasteiger partial charge in [0.2, 0.25) is 0 Å². The van der Waals surface area contributed by atoms with Crippen molar-refractivity contribution >= 4 is 22.9 Å². The zero-order chi connectivity index (χ0) is 15.7. The van der Waals surface area contributed by atoms with E-state index in [0.29, 0.717) is 10.4 Å². The Bertz CT molecular complexity index is 636. The maximum atomic E-state index is 12.9. The van der Waals surface area contributed by atoms with Crippen LogP contribution in [0.25, 0.3) is 10.4 Å². The highest BCUT2D eigenvalue weighted by Gasteiger charge is 2.63. The summed E-state index contributed by atoms with van der Waals surface area (Å²) in [5.41, 5.74) is 0.271. The summed E-state index contributed by atoms with van der Waals surface area (Å²) in [7, 11) is 0. The maximum Gasteiger partial charge on any atom is 0.463 e. The highest BCUT2D eigenvalue weighted by Crippen LogP contribution is 2.37. The molecule has 0 bridgehead atoms. The van der Waals surface area contributed by atoms with Crippen molar-refractivity contribution in [3.8, 4) is 10.4 Å². The van der Waals surface area contributed by atoms with E-state index in [-0.39, 0.29) is 5.69 Å². The molecule has 0 aliphatic rings. The summed E-state index contributed by atoms with van der Waals surface area (Å²) in [5, 5.41) is 3.36. The minimum Gasteiger partial charge on any atom is -0.320 e. The fourth-order valence-electron chi connectivity index (χ4n) is 1.57. The fraction of sp³-hybridized carbons (Fsp3) is 0.154. The number of anilines is 1. The molecule has 0 spiro atoms. The van der Waals surface area contributed by atoms with Crippen molar-refractivity contribution in [2.45, 2.75) is 12.1 Å². The molecule has 0 unspecified atom stereocenters. The van der Waals surface area contributed by atoms with Crippen molar-refractivity contribution in [2.24, 2.45) is 0 Å². The van der Waals surface area contributed by atoms with Gasteiger partial charge in [-0.05, 0) is 17.5 Å². The quantitative estimate of drug-likeness (QED) is 0.826. The number of halogens is 5. The zero-order valence-electron chi connectivity index (χ0n) is 10.2. The van der Waals surface area contributed by atoms with Crippen molar-refractivity contribution in [1.29, 1.82) is 0 Å². The molecule has 0 saturated heterocycles. The zero-order valence-corrected chi connectivity index (χ0v) is 11.1. The van der Waals surface area contributed by atoms with Crippen molar-refractivity contribution in [3.05, 3.63) is 41.8 Å². The molecule has 0 saturated carbocycles. The van der Waals surface area contributed by atoms with Crippen LogP contribution in [0.5, 0.6) is 0 Å². The van der Waals surface area contributed by atoms with Crippen molar-refractivity contribution < 1.29 is 26.7 Å². The monoisotopic (exact) mass is 321 g/mol. The van der Waals surface area contributed by atoms with Crippen LogP contribution in [0.3, 0.4) is 0 Å². The number of amides is 1. The third-order valence-corrected chi connectivity index (χ3v) is 3.51. The summed E-state index contributed by atoms with van der Waals surface area (Å²) in [4.78, 5) is 11.9. The van der Waals surface area contributed by atoms with Gasteiger partial charge in [-0.15, -0.1) is 11.3 Å². The molecule has 8 heteroatoms. The molecule has 1 heterocycles. The molecule has 0 aliphatic carbocycles. The van der Waals surface area contributed by atoms with Gasteiger partial charge >= 0.3 is 18.0 Å². The van der Waals surface area contributed by atoms with Crippen molar-refractivity contribution in [3.63, 3.8) is 0 Å². The van der Waals surface area contributed by atoms with E-state index in [4.69, 9.17) is 0 Å². The molecule has 0 fully saturated rings. The number of rotatable bonds is 3. The highest BCUT2D eigenvalue weighted by molar-refractivity contribution is 7.13. The Morgan fingerprint density at radius 1 is 1.00 bits per heavy atom. The Morgan fingerprint density at radius 3 is 2.24 bits per heavy atom. The third-order valence-electron chi connectivity index (χ3n) is 2.60. The van der Waals surface area contributed by atoms with Crippen LogP contribution in [-0.4, -0.2) is 18.0 Å². The van der Waals surface area contributed by atoms with Crippen LogP contribution in [0, 0.1) is 0 Å². The summed E-state index contributed by atoms with van der Waals surface area (Å²) in [6.07, 6.45) is -5.94. The van der Waals surface area contributed by atoms with Gasteiger partial charge in [0.1, 0.15) is 0 Å². The number of benzene rings is 1. The lowest BCUT2D eigenvalue weighted by Crippen LogP contribution is -2.47. The smallest absolute Gasteiger partial charge is 0.320 e. The van der Waals surface area contributed by atoms with Crippen LogP contribution in [0.4, 0.5) is 27.6 Å². The van der Waals surface area contributed by atoms with Gasteiger partial charge in [0.15, 0.2) is 0 Å². The van der Waals surface area contributed by atoms with Gasteiger partial charge in [-0.3, -0.25) is 4.79 Å². The second kappa shape index (κ2) is 5.44. The van der Waals surface area contributed by atoms with Crippen LogP contribution in [0.15, 0.2) is 41.8 Å². The first-order valence-corrected chi connectivity index (χ1v) is 6.50. The topological polar surface area (TPSA) is 29.1 Å². The normalized spacial score (nSPS) is 12.2. The van der Waals surface area contributed by atoms with E-state index in [9.17, 15) is 26.7 Å². The number of nitrogens with one attached hydrogen (secondary N) is 1. The van der Waals surface area contributed by atoms with E-state index in [2.05, 4.69) is 0 Å². The average molecular weight is 321 g/mol. The Labute approximate surface area is 120 Å². The fourth-order valence-corrected chi connectivity index (χ4v) is 2.33. The highest BCUT2D eigenvalue weighted by atomic mass is 32.1. The summed E-state index contributed by atoms with van der Waals surface area (Å²) >= 11 is 1.27. The van der Waals surface area contributed by atoms with Crippen LogP contribution in [-0.2, 0) is 4.79 Å². The van der Waals surface area contributed by atoms with Gasteiger partial charge in [0.05, 0.1) is 0 Å². The van der Waals surface area contributed by atoms with E-state index in [0.717, 1.165) is 0 Å². The van der Waals surface area contributed by atoms with Gasteiger partial charge < -0.3 is 5.32 Å². The number of alkyl halides is 5. The van der Waals surface area contributed by atoms with E-state index in [1.54, 1.807) is 28.9 Å². The number of carbonyl (C=O) groups is 1. The number of para-hydroxylation sites is 1. The lowest BCUT2D eigenvalue weighted by atomic mass is 10.1. The summed E-state index contributed by atoms with van der Waals surface area (Å²) in [6.45, 7) is 0. The molecule has 2 nitrogen and oxygen atoms in total. The minimum atomic E-state index is -5.94. The van der Waals surface area contributed by atoms with E-state index >= 15 is 0 Å². The molecule has 112 valence electrons. The standard InChI is InChI=1S/C13H8F5NOS/c14-12(15,13(16,17)18)11(20)19-9-5-2-1-4-8(9)10-6-3-7-21-10/h1-7H,(H,19,20). The van der Waals surface area contributed by atoms with E-state index < -0.39 is 18.0 Å². The first-order valence-electron chi connectivity index (χ1n) is 5.62. The molecule has 1 aromatic heterocycles. The third kappa shape index (κ3) is 3.05. The molecule has 0 aliphatic heterocycles. The first-order chi connectivity index (χ1) is 9.73. The number of hydrogen-bond donors (Lipinski definition) is 1. The Balaban J connectivity index is 2.31. The Morgan fingerprint density at radius 2 is 1.67 bits per heavy atom. The molecular weight excluding hydrogens is 313 g/mol. The summed E-state index contributed by atoms with van der Waals surface area (Å²) in [5.74, 6) is -7.85. The Kier molecular flexibility index (Phi) is 3.99. The van der Waals surface area contributed by atoms with Crippen LogP contribution >= 0.6 is 11.3 Å². The van der Waals surface area contributed by atoms with E-state index in [1.165, 1.54) is 29.5 Å². The second-order valence-corrected chi connectivity index (χ2v) is 5.00. The number of hydrogen-bond acceptors (Lipinski definition) is 2. The average Bonchev–Trinajstić information content (AvgIpc) is 2.91. The predicted octanol–water partition coefficient (Wildman–Crippen LogP) is 4.55. The number of thiophene rings is 1. The Hall–Kier alpha value is -1.96. The molecule has 1 N–H and O–H groups in total. The van der Waals surface area contributed by atoms with Gasteiger partial charge in [-0.25, -0.2) is 0 Å². The molecule has 0 radical (unpaired) electrons. The van der Waals surface area contributed by atoms with Crippen LogP contribution < -0.4 is 5.32 Å². The summed E-state index contributed by atoms with van der Waals surface area (Å²) < 4.78 is 62.4. The second-order valence-electron chi connectivity index (χ2n) is 4.05. The molecule has 0 atom stereocenters. The van der Waals surface area contributed by atoms with Crippen LogP contribution in [0.2, 0.25) is 0 Å². The first kappa shape index (κ1) is 15.4. The largest absolute Gasteiger partial charge is 0.463 e. The molecule has 2 rings (SSSR count). The lowest BCUT2D eigenvalue weighted by Gasteiger charge is -2.19. The maximum absolute atomic E-state index is 12.9. The molecule has 21 heavy (non-hydrogen) atoms. The minimum absolute atomic E-state index is 0.103. The summed E-state index contributed by atoms with van der Waals surface area (Å²) in [6, 6.07) is 9.16. The number of carbonyl (C=O) groups excluding carboxylic acids is 1. The predicted molar refractivity (Wildman–Crippen MR) is 69.4 cm³/mol. The van der Waals surface area contributed by atoms with E-state index in [1.807, 2.05) is 0 Å². The van der Waals surface area contributed by atoms with Crippen molar-refractivity contribution in [2.75, 3.05) is 5.32 Å². The molecule has 1 amide bonds. The van der Waals surface area contributed by atoms with Crippen LogP contribution in [0.1, 0.15) is 0 Å². The molecular formula is C13H8F5NOS. The van der Waals surface area contributed by atoms with Gasteiger partial charge in [-0.2, -0.15) is 22.0 Å². The molecule has 1 aromatic carbocycles. The van der Waals surface area contributed by atoms with Gasteiger partial charge in [0.25, 0.3) is 0 Å². The lowest BCUT2D eigenvalue weighted by molar-refractivity contribution is -0.267. The SMILES string of the molecule is O=C(Nc1ccccc1-c1cccs1)C(F)(F)C(F)(F)F. The molecule has 2 aromatic rings. The van der Waals surface area contributed by atoms with Gasteiger partial charge in [-0.1, -0.05) is 24.3 Å².